The topological polar surface area (TPSA) is 78.2 Å². The van der Waals surface area contributed by atoms with Crippen molar-refractivity contribution in [2.24, 2.45) is 5.92 Å². The maximum absolute atomic E-state index is 12.6. The van der Waals surface area contributed by atoms with E-state index in [0.717, 1.165) is 32.2 Å². The Morgan fingerprint density at radius 2 is 2.24 bits per heavy atom. The van der Waals surface area contributed by atoms with Crippen LogP contribution in [0.4, 0.5) is 5.82 Å². The number of ether oxygens (including phenoxy) is 1. The highest BCUT2D eigenvalue weighted by Gasteiger charge is 2.47. The summed E-state index contributed by atoms with van der Waals surface area (Å²) in [6, 6.07) is 7.59. The SMILES string of the molecule is N#Cc1cccc(NC2COC3(CCN(C(=O)C4CC=CC4)C3)C2)n1. The van der Waals surface area contributed by atoms with Crippen molar-refractivity contribution in [1.82, 2.24) is 9.88 Å². The molecule has 3 aliphatic rings. The molecule has 1 aliphatic carbocycles. The molecule has 2 aliphatic heterocycles. The van der Waals surface area contributed by atoms with Gasteiger partial charge in [-0.15, -0.1) is 0 Å². The Bertz CT molecular complexity index is 733. The number of amides is 1. The first-order valence-corrected chi connectivity index (χ1v) is 8.89. The van der Waals surface area contributed by atoms with Gasteiger partial charge in [-0.25, -0.2) is 4.98 Å². The van der Waals surface area contributed by atoms with E-state index in [1.807, 2.05) is 17.0 Å². The number of hydrogen-bond donors (Lipinski definition) is 1. The zero-order valence-electron chi connectivity index (χ0n) is 14.1. The molecule has 1 amide bonds. The summed E-state index contributed by atoms with van der Waals surface area (Å²) in [5.41, 5.74) is 0.174. The summed E-state index contributed by atoms with van der Waals surface area (Å²) in [6.07, 6.45) is 7.69. The molecule has 1 N–H and O–H groups in total. The molecular weight excluding hydrogens is 316 g/mol. The Balaban J connectivity index is 1.35. The highest BCUT2D eigenvalue weighted by molar-refractivity contribution is 5.80. The van der Waals surface area contributed by atoms with E-state index in [1.165, 1.54) is 0 Å². The lowest BCUT2D eigenvalue weighted by Crippen LogP contribution is -2.38. The van der Waals surface area contributed by atoms with Crippen LogP contribution in [0.3, 0.4) is 0 Å². The van der Waals surface area contributed by atoms with Crippen LogP contribution in [0.1, 0.15) is 31.4 Å². The number of anilines is 1. The monoisotopic (exact) mass is 338 g/mol. The predicted molar refractivity (Wildman–Crippen MR) is 92.7 cm³/mol. The van der Waals surface area contributed by atoms with Crippen molar-refractivity contribution in [2.45, 2.75) is 37.3 Å². The van der Waals surface area contributed by atoms with Gasteiger partial charge >= 0.3 is 0 Å². The number of pyridine rings is 1. The number of allylic oxidation sites excluding steroid dienone is 2. The number of nitrogens with zero attached hydrogens (tertiary/aromatic N) is 3. The van der Waals surface area contributed by atoms with E-state index in [0.29, 0.717) is 24.7 Å². The zero-order chi connectivity index (χ0) is 17.3. The largest absolute Gasteiger partial charge is 0.371 e. The summed E-state index contributed by atoms with van der Waals surface area (Å²) in [5, 5.41) is 12.3. The highest BCUT2D eigenvalue weighted by atomic mass is 16.5. The Labute approximate surface area is 147 Å². The molecule has 1 spiro atoms. The molecule has 2 fully saturated rings. The highest BCUT2D eigenvalue weighted by Crippen LogP contribution is 2.37. The standard InChI is InChI=1S/C19H22N4O2/c20-11-15-6-3-7-17(21-15)22-16-10-19(25-12-16)8-9-23(13-19)18(24)14-4-1-2-5-14/h1-3,6-7,14,16H,4-5,8-10,12-13H2,(H,21,22). The molecule has 3 heterocycles. The van der Waals surface area contributed by atoms with Crippen molar-refractivity contribution >= 4 is 11.7 Å². The van der Waals surface area contributed by atoms with Gasteiger partial charge < -0.3 is 15.0 Å². The second-order valence-corrected chi connectivity index (χ2v) is 7.21. The van der Waals surface area contributed by atoms with Gasteiger partial charge in [0.2, 0.25) is 5.91 Å². The molecule has 2 atom stereocenters. The number of nitriles is 1. The van der Waals surface area contributed by atoms with Gasteiger partial charge in [-0.3, -0.25) is 4.79 Å². The summed E-state index contributed by atoms with van der Waals surface area (Å²) in [6.45, 7) is 2.07. The van der Waals surface area contributed by atoms with Crippen LogP contribution in [0.5, 0.6) is 0 Å². The first kappa shape index (κ1) is 16.1. The average Bonchev–Trinajstić information content (AvgIpc) is 3.37. The molecular formula is C19H22N4O2. The van der Waals surface area contributed by atoms with Gasteiger partial charge in [-0.1, -0.05) is 18.2 Å². The number of likely N-dealkylation sites (tertiary alicyclic amines) is 1. The number of nitrogens with one attached hydrogen (secondary N) is 1. The van der Waals surface area contributed by atoms with Gasteiger partial charge in [0, 0.05) is 25.4 Å². The third-order valence-electron chi connectivity index (χ3n) is 5.41. The zero-order valence-corrected chi connectivity index (χ0v) is 14.1. The van der Waals surface area contributed by atoms with Crippen molar-refractivity contribution < 1.29 is 9.53 Å². The molecule has 2 unspecified atom stereocenters. The van der Waals surface area contributed by atoms with E-state index in [-0.39, 0.29) is 23.5 Å². The fourth-order valence-corrected chi connectivity index (χ4v) is 4.12. The molecule has 6 heteroatoms. The molecule has 1 aromatic heterocycles. The number of rotatable bonds is 3. The third kappa shape index (κ3) is 3.24. The van der Waals surface area contributed by atoms with Crippen LogP contribution in [0.2, 0.25) is 0 Å². The van der Waals surface area contributed by atoms with E-state index in [9.17, 15) is 4.79 Å². The van der Waals surface area contributed by atoms with Gasteiger partial charge in [0.25, 0.3) is 0 Å². The molecule has 0 aromatic carbocycles. The lowest BCUT2D eigenvalue weighted by molar-refractivity contribution is -0.135. The Morgan fingerprint density at radius 1 is 1.40 bits per heavy atom. The minimum Gasteiger partial charge on any atom is -0.371 e. The minimum absolute atomic E-state index is 0.128. The van der Waals surface area contributed by atoms with Crippen LogP contribution in [0.25, 0.3) is 0 Å². The van der Waals surface area contributed by atoms with Gasteiger partial charge in [0.15, 0.2) is 0 Å². The normalized spacial score (nSPS) is 28.6. The van der Waals surface area contributed by atoms with Crippen LogP contribution >= 0.6 is 0 Å². The molecule has 25 heavy (non-hydrogen) atoms. The molecule has 6 nitrogen and oxygen atoms in total. The summed E-state index contributed by atoms with van der Waals surface area (Å²) in [5.74, 6) is 1.10. The lowest BCUT2D eigenvalue weighted by Gasteiger charge is -2.25. The van der Waals surface area contributed by atoms with E-state index >= 15 is 0 Å². The van der Waals surface area contributed by atoms with Crippen LogP contribution in [-0.2, 0) is 9.53 Å². The van der Waals surface area contributed by atoms with Crippen molar-refractivity contribution in [1.29, 1.82) is 5.26 Å². The van der Waals surface area contributed by atoms with Crippen molar-refractivity contribution in [2.75, 3.05) is 25.0 Å². The van der Waals surface area contributed by atoms with E-state index in [2.05, 4.69) is 28.5 Å². The Morgan fingerprint density at radius 3 is 3.04 bits per heavy atom. The predicted octanol–water partition coefficient (Wildman–Crippen LogP) is 2.09. The Hall–Kier alpha value is -2.39. The number of carbonyl (C=O) groups excluding carboxylic acids is 1. The van der Waals surface area contributed by atoms with Gasteiger partial charge in [0.1, 0.15) is 17.6 Å². The van der Waals surface area contributed by atoms with Crippen molar-refractivity contribution in [3.05, 3.63) is 36.0 Å². The molecule has 130 valence electrons. The van der Waals surface area contributed by atoms with Crippen LogP contribution < -0.4 is 5.32 Å². The van der Waals surface area contributed by atoms with Gasteiger partial charge in [-0.05, 0) is 31.4 Å². The fourth-order valence-electron chi connectivity index (χ4n) is 4.12. The first-order valence-electron chi connectivity index (χ1n) is 8.89. The van der Waals surface area contributed by atoms with E-state index < -0.39 is 0 Å². The Kier molecular flexibility index (Phi) is 4.18. The minimum atomic E-state index is -0.230. The van der Waals surface area contributed by atoms with Gasteiger partial charge in [0.05, 0.1) is 18.2 Å². The summed E-state index contributed by atoms with van der Waals surface area (Å²) in [4.78, 5) is 18.9. The van der Waals surface area contributed by atoms with E-state index in [1.54, 1.807) is 6.07 Å². The number of aromatic nitrogens is 1. The van der Waals surface area contributed by atoms with E-state index in [4.69, 9.17) is 10.00 Å². The molecule has 0 bridgehead atoms. The van der Waals surface area contributed by atoms with Crippen LogP contribution in [0.15, 0.2) is 30.4 Å². The maximum atomic E-state index is 12.6. The second kappa shape index (κ2) is 6.49. The maximum Gasteiger partial charge on any atom is 0.226 e. The summed E-state index contributed by atoms with van der Waals surface area (Å²) in [7, 11) is 0. The smallest absolute Gasteiger partial charge is 0.226 e. The fraction of sp³-hybridized carbons (Fsp3) is 0.526. The molecule has 1 aromatic rings. The average molecular weight is 338 g/mol. The second-order valence-electron chi connectivity index (χ2n) is 7.21. The number of hydrogen-bond acceptors (Lipinski definition) is 5. The number of carbonyl (C=O) groups is 1. The van der Waals surface area contributed by atoms with Crippen LogP contribution in [0, 0.1) is 17.2 Å². The van der Waals surface area contributed by atoms with Gasteiger partial charge in [-0.2, -0.15) is 5.26 Å². The summed E-state index contributed by atoms with van der Waals surface area (Å²) < 4.78 is 6.12. The third-order valence-corrected chi connectivity index (χ3v) is 5.41. The molecule has 0 radical (unpaired) electrons. The molecule has 2 saturated heterocycles. The first-order chi connectivity index (χ1) is 12.2. The van der Waals surface area contributed by atoms with Crippen LogP contribution in [-0.4, -0.2) is 47.1 Å². The van der Waals surface area contributed by atoms with Crippen molar-refractivity contribution in [3.8, 4) is 6.07 Å². The lowest BCUT2D eigenvalue weighted by atomic mass is 9.97. The quantitative estimate of drug-likeness (QED) is 0.854. The molecule has 4 rings (SSSR count). The van der Waals surface area contributed by atoms with Crippen molar-refractivity contribution in [3.63, 3.8) is 0 Å². The summed E-state index contributed by atoms with van der Waals surface area (Å²) >= 11 is 0. The molecule has 0 saturated carbocycles.